The quantitative estimate of drug-likeness (QED) is 0.445. The van der Waals surface area contributed by atoms with Crippen LogP contribution in [0.1, 0.15) is 19.4 Å². The maximum absolute atomic E-state index is 13.3. The van der Waals surface area contributed by atoms with Crippen molar-refractivity contribution in [3.63, 3.8) is 0 Å². The Morgan fingerprint density at radius 3 is 2.31 bits per heavy atom. The van der Waals surface area contributed by atoms with Crippen molar-refractivity contribution in [2.24, 2.45) is 0 Å². The molecule has 2 N–H and O–H groups in total. The Balaban J connectivity index is 2.46. The third kappa shape index (κ3) is 5.75. The maximum Gasteiger partial charge on any atom is 0.271 e. The Morgan fingerprint density at radius 2 is 1.76 bits per heavy atom. The highest BCUT2D eigenvalue weighted by Crippen LogP contribution is 2.27. The van der Waals surface area contributed by atoms with Gasteiger partial charge in [0, 0.05) is 12.1 Å². The first-order chi connectivity index (χ1) is 13.7. The second kappa shape index (κ2) is 9.82. The van der Waals surface area contributed by atoms with Crippen LogP contribution in [0.2, 0.25) is 0 Å². The number of aliphatic hydroxyl groups is 1. The first kappa shape index (κ1) is 22.8. The Kier molecular flexibility index (Phi) is 7.72. The molecule has 0 bridgehead atoms. The van der Waals surface area contributed by atoms with E-state index in [9.17, 15) is 23.6 Å². The molecule has 2 aromatic carbocycles. The van der Waals surface area contributed by atoms with Crippen molar-refractivity contribution >= 4 is 21.4 Å². The molecular formula is C20H28N3O5S+. The minimum atomic E-state index is -4.02. The van der Waals surface area contributed by atoms with E-state index in [-0.39, 0.29) is 22.8 Å². The van der Waals surface area contributed by atoms with Gasteiger partial charge in [0.2, 0.25) is 0 Å². The fraction of sp³-hybridized carbons (Fsp3) is 0.400. The summed E-state index contributed by atoms with van der Waals surface area (Å²) in [7, 11) is -4.02. The Morgan fingerprint density at radius 1 is 1.14 bits per heavy atom. The molecule has 9 heteroatoms. The lowest BCUT2D eigenvalue weighted by molar-refractivity contribution is -0.899. The van der Waals surface area contributed by atoms with Crippen LogP contribution in [0, 0.1) is 17.0 Å². The average Bonchev–Trinajstić information content (AvgIpc) is 2.70. The number of nitrogens with one attached hydrogen (secondary N) is 1. The van der Waals surface area contributed by atoms with Crippen molar-refractivity contribution in [3.05, 3.63) is 64.2 Å². The molecule has 0 spiro atoms. The summed E-state index contributed by atoms with van der Waals surface area (Å²) in [5.41, 5.74) is 0.847. The van der Waals surface area contributed by atoms with Gasteiger partial charge in [-0.2, -0.15) is 0 Å². The zero-order valence-corrected chi connectivity index (χ0v) is 17.7. The molecule has 29 heavy (non-hydrogen) atoms. The molecule has 2 rings (SSSR count). The van der Waals surface area contributed by atoms with E-state index in [0.29, 0.717) is 6.54 Å². The Bertz CT molecular complexity index is 927. The van der Waals surface area contributed by atoms with Crippen LogP contribution in [0.15, 0.2) is 53.4 Å². The average molecular weight is 423 g/mol. The van der Waals surface area contributed by atoms with E-state index in [4.69, 9.17) is 0 Å². The lowest BCUT2D eigenvalue weighted by atomic mass is 10.2. The predicted molar refractivity (Wildman–Crippen MR) is 112 cm³/mol. The number of benzene rings is 2. The normalized spacial score (nSPS) is 12.7. The van der Waals surface area contributed by atoms with Crippen LogP contribution in [-0.2, 0) is 10.0 Å². The van der Waals surface area contributed by atoms with E-state index in [1.165, 1.54) is 36.4 Å². The summed E-state index contributed by atoms with van der Waals surface area (Å²) >= 11 is 0. The minimum Gasteiger partial charge on any atom is -0.385 e. The van der Waals surface area contributed by atoms with E-state index < -0.39 is 21.1 Å². The number of nitro groups is 1. The molecule has 0 aliphatic rings. The minimum absolute atomic E-state index is 0.0667. The Labute approximate surface area is 171 Å². The summed E-state index contributed by atoms with van der Waals surface area (Å²) in [5.74, 6) is 0. The second-order valence-electron chi connectivity index (χ2n) is 6.94. The number of anilines is 1. The van der Waals surface area contributed by atoms with E-state index in [1.807, 2.05) is 20.8 Å². The molecule has 0 amide bonds. The molecule has 0 fully saturated rings. The molecule has 0 saturated heterocycles. The fourth-order valence-electron chi connectivity index (χ4n) is 3.07. The van der Waals surface area contributed by atoms with Crippen LogP contribution in [0.25, 0.3) is 0 Å². The number of rotatable bonds is 10. The lowest BCUT2D eigenvalue weighted by Crippen LogP contribution is -3.12. The van der Waals surface area contributed by atoms with Gasteiger partial charge >= 0.3 is 0 Å². The molecule has 0 unspecified atom stereocenters. The molecule has 8 nitrogen and oxygen atoms in total. The van der Waals surface area contributed by atoms with Gasteiger partial charge in [-0.15, -0.1) is 0 Å². The van der Waals surface area contributed by atoms with Gasteiger partial charge in [0.05, 0.1) is 35.1 Å². The number of hydrogen-bond donors (Lipinski definition) is 2. The van der Waals surface area contributed by atoms with E-state index in [1.54, 1.807) is 12.1 Å². The van der Waals surface area contributed by atoms with Gasteiger partial charge in [0.15, 0.2) is 0 Å². The van der Waals surface area contributed by atoms with Crippen LogP contribution < -0.4 is 9.21 Å². The molecular weight excluding hydrogens is 394 g/mol. The lowest BCUT2D eigenvalue weighted by Gasteiger charge is -2.28. The summed E-state index contributed by atoms with van der Waals surface area (Å²) in [4.78, 5) is 11.8. The molecule has 0 heterocycles. The van der Waals surface area contributed by atoms with Crippen molar-refractivity contribution in [1.29, 1.82) is 0 Å². The summed E-state index contributed by atoms with van der Waals surface area (Å²) in [6, 6.07) is 11.8. The van der Waals surface area contributed by atoms with Gasteiger partial charge in [0.1, 0.15) is 12.6 Å². The first-order valence-electron chi connectivity index (χ1n) is 9.54. The SMILES string of the molecule is CC[NH+](CC)C[C@@H](O)CN(c1cccc([N+](=O)[O-])c1)S(=O)(=O)c1ccc(C)cc1. The molecule has 0 aliphatic carbocycles. The van der Waals surface area contributed by atoms with Crippen molar-refractivity contribution in [2.45, 2.75) is 31.8 Å². The molecule has 0 radical (unpaired) electrons. The number of aryl methyl sites for hydroxylation is 1. The molecule has 0 aromatic heterocycles. The summed E-state index contributed by atoms with van der Waals surface area (Å²) in [5, 5.41) is 21.7. The van der Waals surface area contributed by atoms with E-state index in [0.717, 1.165) is 27.9 Å². The standard InChI is InChI=1S/C20H27N3O5S/c1-4-21(5-2)14-19(24)15-22(17-7-6-8-18(13-17)23(25)26)29(27,28)20-11-9-16(3)10-12-20/h6-13,19,24H,4-5,14-15H2,1-3H3/p+1/t19-/m1/s1. The highest BCUT2D eigenvalue weighted by Gasteiger charge is 2.29. The Hall–Kier alpha value is -2.49. The van der Waals surface area contributed by atoms with Gasteiger partial charge < -0.3 is 10.0 Å². The van der Waals surface area contributed by atoms with Crippen LogP contribution in [-0.4, -0.2) is 50.7 Å². The number of aliphatic hydroxyl groups excluding tert-OH is 1. The van der Waals surface area contributed by atoms with E-state index in [2.05, 4.69) is 0 Å². The molecule has 2 aromatic rings. The van der Waals surface area contributed by atoms with Gasteiger partial charge in [-0.3, -0.25) is 14.4 Å². The smallest absolute Gasteiger partial charge is 0.271 e. The second-order valence-corrected chi connectivity index (χ2v) is 8.80. The zero-order valence-electron chi connectivity index (χ0n) is 16.9. The first-order valence-corrected chi connectivity index (χ1v) is 11.0. The van der Waals surface area contributed by atoms with Crippen LogP contribution in [0.5, 0.6) is 0 Å². The summed E-state index contributed by atoms with van der Waals surface area (Å²) in [6.07, 6.45) is -0.926. The number of nitro benzene ring substituents is 1. The zero-order chi connectivity index (χ0) is 21.6. The van der Waals surface area contributed by atoms with Gasteiger partial charge in [-0.25, -0.2) is 8.42 Å². The highest BCUT2D eigenvalue weighted by atomic mass is 32.2. The fourth-order valence-corrected chi connectivity index (χ4v) is 4.56. The van der Waals surface area contributed by atoms with Gasteiger partial charge in [0.25, 0.3) is 15.7 Å². The van der Waals surface area contributed by atoms with Gasteiger partial charge in [-0.1, -0.05) is 23.8 Å². The van der Waals surface area contributed by atoms with Crippen molar-refractivity contribution < 1.29 is 23.3 Å². The number of non-ortho nitro benzene ring substituents is 1. The van der Waals surface area contributed by atoms with Crippen LogP contribution in [0.3, 0.4) is 0 Å². The van der Waals surface area contributed by atoms with Gasteiger partial charge in [-0.05, 0) is 39.0 Å². The number of nitrogens with zero attached hydrogens (tertiary/aromatic N) is 2. The van der Waals surface area contributed by atoms with Crippen LogP contribution in [0.4, 0.5) is 11.4 Å². The summed E-state index contributed by atoms with van der Waals surface area (Å²) < 4.78 is 27.7. The number of hydrogen-bond acceptors (Lipinski definition) is 5. The molecule has 158 valence electrons. The van der Waals surface area contributed by atoms with Crippen LogP contribution >= 0.6 is 0 Å². The molecule has 0 aliphatic heterocycles. The number of quaternary nitrogens is 1. The molecule has 1 atom stereocenters. The van der Waals surface area contributed by atoms with Crippen molar-refractivity contribution in [1.82, 2.24) is 0 Å². The highest BCUT2D eigenvalue weighted by molar-refractivity contribution is 7.92. The predicted octanol–water partition coefficient (Wildman–Crippen LogP) is 1.38. The third-order valence-corrected chi connectivity index (χ3v) is 6.65. The van der Waals surface area contributed by atoms with E-state index >= 15 is 0 Å². The maximum atomic E-state index is 13.3. The number of sulfonamides is 1. The monoisotopic (exact) mass is 422 g/mol. The molecule has 0 saturated carbocycles. The summed E-state index contributed by atoms with van der Waals surface area (Å²) in [6.45, 7) is 7.62. The number of likely N-dealkylation sites (N-methyl/N-ethyl adjacent to an activating group) is 1. The third-order valence-electron chi connectivity index (χ3n) is 4.84. The topological polar surface area (TPSA) is 105 Å². The van der Waals surface area contributed by atoms with Crippen molar-refractivity contribution in [3.8, 4) is 0 Å². The largest absolute Gasteiger partial charge is 0.385 e. The van der Waals surface area contributed by atoms with Crippen molar-refractivity contribution in [2.75, 3.05) is 30.5 Å².